The Bertz CT molecular complexity index is 974. The number of aryl methyl sites for hydroxylation is 1. The van der Waals surface area contributed by atoms with Crippen molar-refractivity contribution in [3.63, 3.8) is 0 Å². The van der Waals surface area contributed by atoms with E-state index in [1.807, 2.05) is 37.3 Å². The number of ether oxygens (including phenoxy) is 1. The van der Waals surface area contributed by atoms with E-state index < -0.39 is 17.8 Å². The maximum atomic E-state index is 13.4. The maximum Gasteiger partial charge on any atom is 0.306 e. The zero-order chi connectivity index (χ0) is 20.8. The SMILES string of the molecule is Cc1ccccc1C(CC(C)C(=O)O)C(=O)c1cccc(OCc2ccco2)c1. The Morgan fingerprint density at radius 3 is 2.55 bits per heavy atom. The standard InChI is InChI=1S/C24H24O5/c1-16-7-3-4-11-21(16)22(13-17(2)24(26)27)23(25)18-8-5-9-19(14-18)29-15-20-10-6-12-28-20/h3-12,14,17,22H,13,15H2,1-2H3,(H,26,27). The van der Waals surface area contributed by atoms with Crippen molar-refractivity contribution in [2.24, 2.45) is 5.92 Å². The Morgan fingerprint density at radius 1 is 1.07 bits per heavy atom. The summed E-state index contributed by atoms with van der Waals surface area (Å²) < 4.78 is 11.0. The second-order valence-electron chi connectivity index (χ2n) is 7.14. The number of benzene rings is 2. The maximum absolute atomic E-state index is 13.4. The molecule has 29 heavy (non-hydrogen) atoms. The zero-order valence-electron chi connectivity index (χ0n) is 16.5. The normalized spacial score (nSPS) is 12.9. The number of rotatable bonds is 9. The number of aliphatic carboxylic acids is 1. The molecule has 0 aliphatic carbocycles. The van der Waals surface area contributed by atoms with E-state index in [0.29, 0.717) is 17.1 Å². The van der Waals surface area contributed by atoms with Crippen LogP contribution in [0.1, 0.15) is 46.5 Å². The van der Waals surface area contributed by atoms with E-state index in [2.05, 4.69) is 0 Å². The summed E-state index contributed by atoms with van der Waals surface area (Å²) in [6, 6.07) is 18.2. The molecule has 0 fully saturated rings. The van der Waals surface area contributed by atoms with Gasteiger partial charge in [-0.1, -0.05) is 43.3 Å². The predicted octanol–water partition coefficient (Wildman–Crippen LogP) is 5.24. The minimum atomic E-state index is -0.910. The lowest BCUT2D eigenvalue weighted by Gasteiger charge is -2.21. The van der Waals surface area contributed by atoms with Crippen molar-refractivity contribution >= 4 is 11.8 Å². The van der Waals surface area contributed by atoms with Gasteiger partial charge in [-0.15, -0.1) is 0 Å². The highest BCUT2D eigenvalue weighted by atomic mass is 16.5. The molecule has 2 atom stereocenters. The molecular weight excluding hydrogens is 368 g/mol. The molecule has 0 aliphatic rings. The van der Waals surface area contributed by atoms with Crippen LogP contribution in [0.2, 0.25) is 0 Å². The first-order chi connectivity index (χ1) is 14.0. The van der Waals surface area contributed by atoms with Crippen LogP contribution in [0.5, 0.6) is 5.75 Å². The van der Waals surface area contributed by atoms with Gasteiger partial charge < -0.3 is 14.3 Å². The molecule has 2 aromatic carbocycles. The fraction of sp³-hybridized carbons (Fsp3) is 0.250. The molecule has 0 radical (unpaired) electrons. The van der Waals surface area contributed by atoms with Crippen LogP contribution in [0, 0.1) is 12.8 Å². The molecule has 150 valence electrons. The molecular formula is C24H24O5. The van der Waals surface area contributed by atoms with Crippen LogP contribution in [-0.2, 0) is 11.4 Å². The Hall–Kier alpha value is -3.34. The van der Waals surface area contributed by atoms with Crippen LogP contribution in [0.3, 0.4) is 0 Å². The third kappa shape index (κ3) is 5.13. The van der Waals surface area contributed by atoms with Gasteiger partial charge in [0.05, 0.1) is 12.2 Å². The molecule has 5 heteroatoms. The summed E-state index contributed by atoms with van der Waals surface area (Å²) >= 11 is 0. The summed E-state index contributed by atoms with van der Waals surface area (Å²) in [5, 5.41) is 9.36. The third-order valence-electron chi connectivity index (χ3n) is 4.97. The predicted molar refractivity (Wildman–Crippen MR) is 109 cm³/mol. The van der Waals surface area contributed by atoms with Crippen LogP contribution >= 0.6 is 0 Å². The first-order valence-corrected chi connectivity index (χ1v) is 9.53. The van der Waals surface area contributed by atoms with Crippen LogP contribution in [0.4, 0.5) is 0 Å². The molecule has 0 amide bonds. The van der Waals surface area contributed by atoms with Gasteiger partial charge in [-0.2, -0.15) is 0 Å². The van der Waals surface area contributed by atoms with Crippen molar-refractivity contribution in [2.75, 3.05) is 0 Å². The third-order valence-corrected chi connectivity index (χ3v) is 4.97. The molecule has 1 heterocycles. The molecule has 5 nitrogen and oxygen atoms in total. The number of carbonyl (C=O) groups is 2. The summed E-state index contributed by atoms with van der Waals surface area (Å²) in [5.41, 5.74) is 2.31. The lowest BCUT2D eigenvalue weighted by Crippen LogP contribution is -2.21. The highest BCUT2D eigenvalue weighted by Crippen LogP contribution is 2.31. The summed E-state index contributed by atoms with van der Waals surface area (Å²) in [6.07, 6.45) is 1.81. The molecule has 0 saturated carbocycles. The molecule has 3 rings (SSSR count). The van der Waals surface area contributed by atoms with E-state index in [1.54, 1.807) is 43.5 Å². The number of carboxylic acids is 1. The van der Waals surface area contributed by atoms with Gasteiger partial charge in [0.2, 0.25) is 0 Å². The van der Waals surface area contributed by atoms with Gasteiger partial charge in [-0.25, -0.2) is 0 Å². The van der Waals surface area contributed by atoms with Crippen molar-refractivity contribution in [3.05, 3.63) is 89.4 Å². The fourth-order valence-corrected chi connectivity index (χ4v) is 3.30. The first-order valence-electron chi connectivity index (χ1n) is 9.53. The molecule has 3 aromatic rings. The van der Waals surface area contributed by atoms with Crippen LogP contribution in [0.25, 0.3) is 0 Å². The van der Waals surface area contributed by atoms with Gasteiger partial charge in [-0.3, -0.25) is 9.59 Å². The number of Topliss-reactive ketones (excluding diaryl/α,β-unsaturated/α-hetero) is 1. The van der Waals surface area contributed by atoms with E-state index in [-0.39, 0.29) is 18.8 Å². The van der Waals surface area contributed by atoms with E-state index in [9.17, 15) is 14.7 Å². The summed E-state index contributed by atoms with van der Waals surface area (Å²) in [6.45, 7) is 3.83. The van der Waals surface area contributed by atoms with Crippen molar-refractivity contribution < 1.29 is 23.8 Å². The summed E-state index contributed by atoms with van der Waals surface area (Å²) in [7, 11) is 0. The average molecular weight is 392 g/mol. The molecule has 2 unspecified atom stereocenters. The first kappa shape index (κ1) is 20.4. The molecule has 0 bridgehead atoms. The van der Waals surface area contributed by atoms with Gasteiger partial charge in [0, 0.05) is 11.5 Å². The van der Waals surface area contributed by atoms with Gasteiger partial charge in [0.15, 0.2) is 5.78 Å². The molecule has 0 aliphatic heterocycles. The molecule has 0 saturated heterocycles. The highest BCUT2D eigenvalue weighted by Gasteiger charge is 2.28. The van der Waals surface area contributed by atoms with Crippen molar-refractivity contribution in [3.8, 4) is 5.75 Å². The largest absolute Gasteiger partial charge is 0.486 e. The number of hydrogen-bond donors (Lipinski definition) is 1. The Morgan fingerprint density at radius 2 is 1.86 bits per heavy atom. The minimum absolute atomic E-state index is 0.115. The van der Waals surface area contributed by atoms with Crippen LogP contribution in [0.15, 0.2) is 71.3 Å². The Kier molecular flexibility index (Phi) is 6.50. The van der Waals surface area contributed by atoms with Crippen LogP contribution < -0.4 is 4.74 Å². The average Bonchev–Trinajstić information content (AvgIpc) is 3.24. The zero-order valence-corrected chi connectivity index (χ0v) is 16.5. The van der Waals surface area contributed by atoms with Crippen molar-refractivity contribution in [1.29, 1.82) is 0 Å². The van der Waals surface area contributed by atoms with E-state index in [4.69, 9.17) is 9.15 Å². The van der Waals surface area contributed by atoms with Gasteiger partial charge in [0.25, 0.3) is 0 Å². The monoisotopic (exact) mass is 392 g/mol. The highest BCUT2D eigenvalue weighted by molar-refractivity contribution is 6.01. The molecule has 1 N–H and O–H groups in total. The quantitative estimate of drug-likeness (QED) is 0.504. The van der Waals surface area contributed by atoms with Crippen molar-refractivity contribution in [1.82, 2.24) is 0 Å². The van der Waals surface area contributed by atoms with Gasteiger partial charge in [0.1, 0.15) is 18.1 Å². The topological polar surface area (TPSA) is 76.7 Å². The number of carbonyl (C=O) groups excluding carboxylic acids is 1. The van der Waals surface area contributed by atoms with Gasteiger partial charge in [-0.05, 0) is 48.7 Å². The Balaban J connectivity index is 1.86. The molecule has 1 aromatic heterocycles. The lowest BCUT2D eigenvalue weighted by atomic mass is 9.82. The van der Waals surface area contributed by atoms with E-state index in [0.717, 1.165) is 11.1 Å². The second kappa shape index (κ2) is 9.24. The number of carboxylic acid groups (broad SMARTS) is 1. The van der Waals surface area contributed by atoms with E-state index >= 15 is 0 Å². The summed E-state index contributed by atoms with van der Waals surface area (Å²) in [4.78, 5) is 24.8. The molecule has 0 spiro atoms. The number of furan rings is 1. The second-order valence-corrected chi connectivity index (χ2v) is 7.14. The lowest BCUT2D eigenvalue weighted by molar-refractivity contribution is -0.141. The van der Waals surface area contributed by atoms with Gasteiger partial charge >= 0.3 is 5.97 Å². The number of ketones is 1. The fourth-order valence-electron chi connectivity index (χ4n) is 3.30. The number of hydrogen-bond acceptors (Lipinski definition) is 4. The minimum Gasteiger partial charge on any atom is -0.486 e. The van der Waals surface area contributed by atoms with Crippen LogP contribution in [-0.4, -0.2) is 16.9 Å². The summed E-state index contributed by atoms with van der Waals surface area (Å²) in [5.74, 6) is -0.954. The van der Waals surface area contributed by atoms with E-state index in [1.165, 1.54) is 0 Å². The smallest absolute Gasteiger partial charge is 0.306 e. The van der Waals surface area contributed by atoms with Crippen molar-refractivity contribution in [2.45, 2.75) is 32.8 Å². The Labute approximate surface area is 169 Å².